The lowest BCUT2D eigenvalue weighted by Crippen LogP contribution is -1.66. The zero-order valence-electron chi connectivity index (χ0n) is 6.72. The predicted molar refractivity (Wildman–Crippen MR) is 47.9 cm³/mol. The van der Waals surface area contributed by atoms with E-state index in [0.29, 0.717) is 0 Å². The van der Waals surface area contributed by atoms with Crippen molar-refractivity contribution in [3.63, 3.8) is 0 Å². The first-order valence-electron chi connectivity index (χ1n) is 3.32. The number of allylic oxidation sites excluding steroid dienone is 6. The van der Waals surface area contributed by atoms with Gasteiger partial charge in [0.05, 0.1) is 0 Å². The molecule has 0 aromatic carbocycles. The molecule has 0 aromatic rings. The van der Waals surface area contributed by atoms with E-state index in [9.17, 15) is 0 Å². The SMILES string of the molecule is C=C(C)/C=C\C(=C)/C=C\C. The average Bonchev–Trinajstić information content (AvgIpc) is 1.85. The molecule has 0 saturated carbocycles. The zero-order valence-corrected chi connectivity index (χ0v) is 6.72. The van der Waals surface area contributed by atoms with E-state index in [-0.39, 0.29) is 0 Å². The number of hydrogen-bond acceptors (Lipinski definition) is 0. The highest BCUT2D eigenvalue weighted by Crippen LogP contribution is 1.98. The van der Waals surface area contributed by atoms with Crippen LogP contribution in [0.25, 0.3) is 0 Å². The molecule has 0 radical (unpaired) electrons. The third-order valence-corrected chi connectivity index (χ3v) is 0.963. The van der Waals surface area contributed by atoms with Crippen LogP contribution in [0.4, 0.5) is 0 Å². The lowest BCUT2D eigenvalue weighted by atomic mass is 10.2. The van der Waals surface area contributed by atoms with Crippen molar-refractivity contribution in [1.82, 2.24) is 0 Å². The monoisotopic (exact) mass is 134 g/mol. The highest BCUT2D eigenvalue weighted by Gasteiger charge is 1.77. The quantitative estimate of drug-likeness (QED) is 0.520. The fourth-order valence-corrected chi connectivity index (χ4v) is 0.519. The van der Waals surface area contributed by atoms with Gasteiger partial charge in [0, 0.05) is 0 Å². The molecule has 54 valence electrons. The van der Waals surface area contributed by atoms with Crippen molar-refractivity contribution in [3.8, 4) is 0 Å². The summed E-state index contributed by atoms with van der Waals surface area (Å²) in [6, 6.07) is 0. The fourth-order valence-electron chi connectivity index (χ4n) is 0.519. The summed E-state index contributed by atoms with van der Waals surface area (Å²) in [6.07, 6.45) is 7.81. The van der Waals surface area contributed by atoms with E-state index in [4.69, 9.17) is 0 Å². The standard InChI is InChI=1S/C10H14/c1-5-6-10(4)8-7-9(2)3/h5-8H,2,4H2,1,3H3/b6-5-,8-7-. The first kappa shape index (κ1) is 8.96. The van der Waals surface area contributed by atoms with Crippen LogP contribution in [0, 0.1) is 0 Å². The number of rotatable bonds is 3. The molecular formula is C10H14. The van der Waals surface area contributed by atoms with Gasteiger partial charge in [0.25, 0.3) is 0 Å². The molecule has 0 unspecified atom stereocenters. The first-order chi connectivity index (χ1) is 4.66. The molecule has 0 aliphatic rings. The van der Waals surface area contributed by atoms with Crippen molar-refractivity contribution >= 4 is 0 Å². The Labute approximate surface area is 63.3 Å². The lowest BCUT2D eigenvalue weighted by molar-refractivity contribution is 1.54. The molecule has 0 N–H and O–H groups in total. The Morgan fingerprint density at radius 2 is 1.70 bits per heavy atom. The molecule has 0 aliphatic carbocycles. The Morgan fingerprint density at radius 1 is 1.10 bits per heavy atom. The summed E-state index contributed by atoms with van der Waals surface area (Å²) in [6.45, 7) is 11.5. The predicted octanol–water partition coefficient (Wildman–Crippen LogP) is 3.25. The smallest absolute Gasteiger partial charge is 0.0332 e. The van der Waals surface area contributed by atoms with Crippen LogP contribution in [0.2, 0.25) is 0 Å². The minimum atomic E-state index is 1.01. The lowest BCUT2D eigenvalue weighted by Gasteiger charge is -1.87. The molecule has 0 heteroatoms. The minimum Gasteiger partial charge on any atom is -0.0961 e. The molecule has 0 aliphatic heterocycles. The first-order valence-corrected chi connectivity index (χ1v) is 3.32. The van der Waals surface area contributed by atoms with Crippen LogP contribution >= 0.6 is 0 Å². The molecule has 0 bridgehead atoms. The van der Waals surface area contributed by atoms with E-state index in [1.807, 2.05) is 38.2 Å². The zero-order chi connectivity index (χ0) is 7.98. The highest BCUT2D eigenvalue weighted by atomic mass is 13.8. The van der Waals surface area contributed by atoms with E-state index < -0.39 is 0 Å². The minimum absolute atomic E-state index is 1.01. The molecule has 0 aromatic heterocycles. The van der Waals surface area contributed by atoms with Crippen molar-refractivity contribution in [3.05, 3.63) is 48.6 Å². The van der Waals surface area contributed by atoms with Crippen LogP contribution in [0.15, 0.2) is 48.6 Å². The van der Waals surface area contributed by atoms with Gasteiger partial charge >= 0.3 is 0 Å². The molecule has 0 amide bonds. The largest absolute Gasteiger partial charge is 0.0961 e. The van der Waals surface area contributed by atoms with Gasteiger partial charge in [-0.25, -0.2) is 0 Å². The van der Waals surface area contributed by atoms with Crippen LogP contribution in [0.3, 0.4) is 0 Å². The van der Waals surface area contributed by atoms with Gasteiger partial charge in [0.15, 0.2) is 0 Å². The van der Waals surface area contributed by atoms with Crippen LogP contribution in [0.1, 0.15) is 13.8 Å². The van der Waals surface area contributed by atoms with Crippen molar-refractivity contribution < 1.29 is 0 Å². The number of hydrogen-bond donors (Lipinski definition) is 0. The van der Waals surface area contributed by atoms with Gasteiger partial charge in [-0.1, -0.05) is 43.0 Å². The van der Waals surface area contributed by atoms with E-state index in [2.05, 4.69) is 13.2 Å². The Kier molecular flexibility index (Phi) is 4.30. The Balaban J connectivity index is 3.90. The molecule has 0 atom stereocenters. The normalized spacial score (nSPS) is 11.0. The van der Waals surface area contributed by atoms with Gasteiger partial charge in [-0.15, -0.1) is 0 Å². The van der Waals surface area contributed by atoms with Gasteiger partial charge in [-0.2, -0.15) is 0 Å². The second-order valence-electron chi connectivity index (χ2n) is 2.25. The maximum atomic E-state index is 3.80. The van der Waals surface area contributed by atoms with Crippen molar-refractivity contribution in [1.29, 1.82) is 0 Å². The van der Waals surface area contributed by atoms with Crippen LogP contribution in [-0.4, -0.2) is 0 Å². The third-order valence-electron chi connectivity index (χ3n) is 0.963. The van der Waals surface area contributed by atoms with Crippen LogP contribution in [0.5, 0.6) is 0 Å². The second kappa shape index (κ2) is 4.80. The summed E-state index contributed by atoms with van der Waals surface area (Å²) in [5.74, 6) is 0. The summed E-state index contributed by atoms with van der Waals surface area (Å²) in [5, 5.41) is 0. The van der Waals surface area contributed by atoms with Crippen molar-refractivity contribution in [2.24, 2.45) is 0 Å². The van der Waals surface area contributed by atoms with Gasteiger partial charge in [-0.3, -0.25) is 0 Å². The van der Waals surface area contributed by atoms with Gasteiger partial charge < -0.3 is 0 Å². The van der Waals surface area contributed by atoms with E-state index in [0.717, 1.165) is 11.1 Å². The maximum Gasteiger partial charge on any atom is -0.0332 e. The molecule has 0 rings (SSSR count). The maximum absolute atomic E-state index is 3.80. The van der Waals surface area contributed by atoms with Crippen LogP contribution < -0.4 is 0 Å². The summed E-state index contributed by atoms with van der Waals surface area (Å²) >= 11 is 0. The third kappa shape index (κ3) is 5.10. The van der Waals surface area contributed by atoms with E-state index in [1.165, 1.54) is 0 Å². The van der Waals surface area contributed by atoms with E-state index in [1.54, 1.807) is 0 Å². The molecule has 0 fully saturated rings. The summed E-state index contributed by atoms with van der Waals surface area (Å²) in [5.41, 5.74) is 2.05. The van der Waals surface area contributed by atoms with Crippen LogP contribution in [-0.2, 0) is 0 Å². The summed E-state index contributed by atoms with van der Waals surface area (Å²) < 4.78 is 0. The fraction of sp³-hybridized carbons (Fsp3) is 0.200. The van der Waals surface area contributed by atoms with Gasteiger partial charge in [0.1, 0.15) is 0 Å². The highest BCUT2D eigenvalue weighted by molar-refractivity contribution is 5.30. The Morgan fingerprint density at radius 3 is 2.10 bits per heavy atom. The molecule has 0 heterocycles. The Hall–Kier alpha value is -1.04. The summed E-state index contributed by atoms with van der Waals surface area (Å²) in [4.78, 5) is 0. The average molecular weight is 134 g/mol. The summed E-state index contributed by atoms with van der Waals surface area (Å²) in [7, 11) is 0. The molecule has 0 spiro atoms. The topological polar surface area (TPSA) is 0 Å². The Bertz CT molecular complexity index is 180. The molecule has 0 saturated heterocycles. The van der Waals surface area contributed by atoms with E-state index >= 15 is 0 Å². The molecule has 10 heavy (non-hydrogen) atoms. The van der Waals surface area contributed by atoms with Crippen molar-refractivity contribution in [2.45, 2.75) is 13.8 Å². The van der Waals surface area contributed by atoms with Gasteiger partial charge in [0.2, 0.25) is 0 Å². The molecular weight excluding hydrogens is 120 g/mol. The second-order valence-corrected chi connectivity index (χ2v) is 2.25. The molecule has 0 nitrogen and oxygen atoms in total. The van der Waals surface area contributed by atoms with Gasteiger partial charge in [-0.05, 0) is 19.4 Å². The van der Waals surface area contributed by atoms with Crippen molar-refractivity contribution in [2.75, 3.05) is 0 Å².